The molecule has 1 N–H and O–H groups in total. The zero-order valence-corrected chi connectivity index (χ0v) is 18.9. The van der Waals surface area contributed by atoms with E-state index in [0.29, 0.717) is 25.3 Å². The molecule has 0 bridgehead atoms. The lowest BCUT2D eigenvalue weighted by Gasteiger charge is -2.41. The molecule has 2 heterocycles. The summed E-state index contributed by atoms with van der Waals surface area (Å²) in [6, 6.07) is 7.54. The second-order valence-corrected chi connectivity index (χ2v) is 8.90. The molecule has 166 valence electrons. The highest BCUT2D eigenvalue weighted by Gasteiger charge is 2.54. The average molecular weight is 416 g/mol. The summed E-state index contributed by atoms with van der Waals surface area (Å²) < 4.78 is 5.19. The molecule has 2 aliphatic rings. The van der Waals surface area contributed by atoms with Crippen molar-refractivity contribution >= 4 is 11.9 Å². The van der Waals surface area contributed by atoms with Crippen LogP contribution in [0.25, 0.3) is 0 Å². The smallest absolute Gasteiger partial charge is 0.325 e. The largest absolute Gasteiger partial charge is 0.497 e. The van der Waals surface area contributed by atoms with Crippen molar-refractivity contribution in [2.45, 2.75) is 58.4 Å². The zero-order valence-electron chi connectivity index (χ0n) is 18.9. The van der Waals surface area contributed by atoms with Crippen molar-refractivity contribution in [3.63, 3.8) is 0 Å². The Balaban J connectivity index is 1.62. The number of hydrogen-bond acceptors (Lipinski definition) is 4. The van der Waals surface area contributed by atoms with Gasteiger partial charge in [0.1, 0.15) is 11.3 Å². The van der Waals surface area contributed by atoms with E-state index in [1.807, 2.05) is 31.2 Å². The molecule has 1 aromatic rings. The quantitative estimate of drug-likeness (QED) is 0.625. The maximum atomic E-state index is 13.4. The number of piperidine rings is 1. The second kappa shape index (κ2) is 9.82. The lowest BCUT2D eigenvalue weighted by Crippen LogP contribution is -2.56. The molecule has 2 aliphatic heterocycles. The highest BCUT2D eigenvalue weighted by molar-refractivity contribution is 6.07. The molecule has 0 radical (unpaired) electrons. The van der Waals surface area contributed by atoms with Gasteiger partial charge in [0.25, 0.3) is 5.91 Å². The molecule has 1 aromatic carbocycles. The van der Waals surface area contributed by atoms with E-state index in [1.165, 1.54) is 11.3 Å². The minimum atomic E-state index is -0.737. The van der Waals surface area contributed by atoms with E-state index < -0.39 is 5.54 Å². The first kappa shape index (κ1) is 22.6. The van der Waals surface area contributed by atoms with Crippen molar-refractivity contribution < 1.29 is 14.3 Å². The van der Waals surface area contributed by atoms with Crippen LogP contribution in [0.5, 0.6) is 5.75 Å². The van der Waals surface area contributed by atoms with Crippen LogP contribution >= 0.6 is 0 Å². The average Bonchev–Trinajstić information content (AvgIpc) is 3.03. The molecular weight excluding hydrogens is 378 g/mol. The molecule has 2 saturated heterocycles. The van der Waals surface area contributed by atoms with E-state index in [9.17, 15) is 9.59 Å². The van der Waals surface area contributed by atoms with Gasteiger partial charge in [-0.05, 0) is 68.3 Å². The molecular formula is C24H37N3O3. The Morgan fingerprint density at radius 3 is 2.40 bits per heavy atom. The van der Waals surface area contributed by atoms with E-state index >= 15 is 0 Å². The Kier molecular flexibility index (Phi) is 7.40. The van der Waals surface area contributed by atoms with Crippen molar-refractivity contribution in [2.24, 2.45) is 11.8 Å². The van der Waals surface area contributed by atoms with Crippen molar-refractivity contribution in [3.05, 3.63) is 29.8 Å². The summed E-state index contributed by atoms with van der Waals surface area (Å²) in [5.41, 5.74) is 0.350. The van der Waals surface area contributed by atoms with Gasteiger partial charge in [-0.1, -0.05) is 39.3 Å². The van der Waals surface area contributed by atoms with Crippen LogP contribution in [0.3, 0.4) is 0 Å². The summed E-state index contributed by atoms with van der Waals surface area (Å²) in [4.78, 5) is 30.1. The molecule has 0 aliphatic carbocycles. The normalized spacial score (nSPS) is 24.2. The molecule has 30 heavy (non-hydrogen) atoms. The van der Waals surface area contributed by atoms with E-state index in [1.54, 1.807) is 7.11 Å². The molecule has 0 aromatic heterocycles. The molecule has 3 rings (SSSR count). The summed E-state index contributed by atoms with van der Waals surface area (Å²) in [7, 11) is 1.64. The Hall–Kier alpha value is -2.08. The maximum Gasteiger partial charge on any atom is 0.325 e. The second-order valence-electron chi connectivity index (χ2n) is 8.90. The van der Waals surface area contributed by atoms with Crippen LogP contribution in [-0.4, -0.2) is 60.6 Å². The third-order valence-electron chi connectivity index (χ3n) is 7.09. The van der Waals surface area contributed by atoms with Crippen LogP contribution < -0.4 is 10.1 Å². The first-order valence-electron chi connectivity index (χ1n) is 11.4. The summed E-state index contributed by atoms with van der Waals surface area (Å²) in [6.07, 6.45) is 4.41. The molecule has 6 heteroatoms. The number of benzene rings is 1. The monoisotopic (exact) mass is 415 g/mol. The van der Waals surface area contributed by atoms with Crippen LogP contribution in [0, 0.1) is 11.8 Å². The molecule has 2 unspecified atom stereocenters. The standard InChI is InChI=1S/C24H37N3O3/c1-5-18(3)17-26-14-12-20(13-15-26)24(6-2)22(28)27(23(29)25-24)16-11-19-7-9-21(30-4)10-8-19/h7-10,18,20H,5-6,11-17H2,1-4H3,(H,25,29). The van der Waals surface area contributed by atoms with Crippen molar-refractivity contribution in [1.82, 2.24) is 15.1 Å². The van der Waals surface area contributed by atoms with Crippen LogP contribution in [0.15, 0.2) is 24.3 Å². The predicted octanol–water partition coefficient (Wildman–Crippen LogP) is 3.70. The fourth-order valence-corrected chi connectivity index (χ4v) is 4.86. The number of amides is 3. The van der Waals surface area contributed by atoms with Crippen LogP contribution in [0.2, 0.25) is 0 Å². The predicted molar refractivity (Wildman–Crippen MR) is 119 cm³/mol. The van der Waals surface area contributed by atoms with Crippen LogP contribution in [0.1, 0.15) is 52.0 Å². The number of hydrogen-bond donors (Lipinski definition) is 1. The zero-order chi connectivity index (χ0) is 21.7. The Morgan fingerprint density at radius 2 is 1.83 bits per heavy atom. The van der Waals surface area contributed by atoms with Gasteiger partial charge in [0.2, 0.25) is 0 Å². The van der Waals surface area contributed by atoms with Gasteiger partial charge in [-0.3, -0.25) is 9.69 Å². The lowest BCUT2D eigenvalue weighted by atomic mass is 9.75. The molecule has 0 spiro atoms. The van der Waals surface area contributed by atoms with Crippen molar-refractivity contribution in [1.29, 1.82) is 0 Å². The maximum absolute atomic E-state index is 13.4. The Morgan fingerprint density at radius 1 is 1.17 bits per heavy atom. The summed E-state index contributed by atoms with van der Waals surface area (Å²) in [6.45, 7) is 10.1. The minimum Gasteiger partial charge on any atom is -0.497 e. The number of urea groups is 1. The summed E-state index contributed by atoms with van der Waals surface area (Å²) >= 11 is 0. The van der Waals surface area contributed by atoms with Gasteiger partial charge < -0.3 is 15.0 Å². The summed E-state index contributed by atoms with van der Waals surface area (Å²) in [5.74, 6) is 1.67. The number of nitrogens with one attached hydrogen (secondary N) is 1. The number of methoxy groups -OCH3 is 1. The van der Waals surface area contributed by atoms with E-state index in [0.717, 1.165) is 43.8 Å². The first-order valence-corrected chi connectivity index (χ1v) is 11.4. The Labute approximate surface area is 180 Å². The molecule has 6 nitrogen and oxygen atoms in total. The highest BCUT2D eigenvalue weighted by Crippen LogP contribution is 2.36. The van der Waals surface area contributed by atoms with Gasteiger partial charge in [-0.25, -0.2) is 4.79 Å². The SMILES string of the molecule is CCC(C)CN1CCC(C2(CC)NC(=O)N(CCc3ccc(OC)cc3)C2=O)CC1. The van der Waals surface area contributed by atoms with Crippen LogP contribution in [-0.2, 0) is 11.2 Å². The number of likely N-dealkylation sites (tertiary alicyclic amines) is 1. The topological polar surface area (TPSA) is 61.9 Å². The van der Waals surface area contributed by atoms with Gasteiger partial charge in [0.15, 0.2) is 0 Å². The summed E-state index contributed by atoms with van der Waals surface area (Å²) in [5, 5.41) is 3.11. The van der Waals surface area contributed by atoms with Gasteiger partial charge >= 0.3 is 6.03 Å². The van der Waals surface area contributed by atoms with E-state index in [-0.39, 0.29) is 17.9 Å². The number of nitrogens with zero attached hydrogens (tertiary/aromatic N) is 2. The fraction of sp³-hybridized carbons (Fsp3) is 0.667. The third kappa shape index (κ3) is 4.64. The molecule has 3 amide bonds. The lowest BCUT2D eigenvalue weighted by molar-refractivity contribution is -0.134. The van der Waals surface area contributed by atoms with Gasteiger partial charge in [0, 0.05) is 13.1 Å². The molecule has 0 saturated carbocycles. The van der Waals surface area contributed by atoms with Crippen molar-refractivity contribution in [3.8, 4) is 5.75 Å². The van der Waals surface area contributed by atoms with Crippen molar-refractivity contribution in [2.75, 3.05) is 33.3 Å². The number of rotatable bonds is 9. The number of carbonyl (C=O) groups excluding carboxylic acids is 2. The van der Waals surface area contributed by atoms with Gasteiger partial charge in [-0.15, -0.1) is 0 Å². The molecule has 2 fully saturated rings. The number of carbonyl (C=O) groups is 2. The number of imide groups is 1. The van der Waals surface area contributed by atoms with Gasteiger partial charge in [0.05, 0.1) is 7.11 Å². The highest BCUT2D eigenvalue weighted by atomic mass is 16.5. The van der Waals surface area contributed by atoms with E-state index in [2.05, 4.69) is 24.1 Å². The Bertz CT molecular complexity index is 728. The minimum absolute atomic E-state index is 0.0381. The van der Waals surface area contributed by atoms with E-state index in [4.69, 9.17) is 4.74 Å². The van der Waals surface area contributed by atoms with Gasteiger partial charge in [-0.2, -0.15) is 0 Å². The third-order valence-corrected chi connectivity index (χ3v) is 7.09. The molecule has 2 atom stereocenters. The van der Waals surface area contributed by atoms with Crippen LogP contribution in [0.4, 0.5) is 4.79 Å². The first-order chi connectivity index (χ1) is 14.4. The fourth-order valence-electron chi connectivity index (χ4n) is 4.86. The number of ether oxygens (including phenoxy) is 1.